The van der Waals surface area contributed by atoms with Gasteiger partial charge in [0.1, 0.15) is 5.78 Å². The summed E-state index contributed by atoms with van der Waals surface area (Å²) in [5.41, 5.74) is 2.55. The number of Topliss-reactive ketones (excluding diaryl/α,β-unsaturated/α-hetero) is 1. The Hall–Kier alpha value is -0.760. The molecule has 0 saturated carbocycles. The van der Waals surface area contributed by atoms with Gasteiger partial charge in [0.05, 0.1) is 0 Å². The Balaban J connectivity index is 2.93. The van der Waals surface area contributed by atoms with Gasteiger partial charge in [0.15, 0.2) is 0 Å². The maximum atomic E-state index is 11.5. The molecule has 1 aromatic rings. The first kappa shape index (κ1) is 14.3. The molecule has 1 nitrogen and oxygen atoms in total. The average molecular weight is 250 g/mol. The fourth-order valence-corrected chi connectivity index (χ4v) is 3.31. The zero-order valence-corrected chi connectivity index (χ0v) is 12.4. The zero-order valence-electron chi connectivity index (χ0n) is 11.6. The molecule has 0 aliphatic carbocycles. The van der Waals surface area contributed by atoms with Gasteiger partial charge in [-0.3, -0.25) is 4.79 Å². The highest BCUT2D eigenvalue weighted by molar-refractivity contribution is 8.00. The Bertz CT molecular complexity index is 401. The molecule has 1 rings (SSSR count). The largest absolute Gasteiger partial charge is 0.300 e. The van der Waals surface area contributed by atoms with Crippen LogP contribution in [0.3, 0.4) is 0 Å². The zero-order chi connectivity index (χ0) is 13.2. The monoisotopic (exact) mass is 250 g/mol. The molecular formula is C15H22OS. The fraction of sp³-hybridized carbons (Fsp3) is 0.533. The van der Waals surface area contributed by atoms with Crippen molar-refractivity contribution >= 4 is 17.5 Å². The molecule has 0 amide bonds. The topological polar surface area (TPSA) is 17.1 Å². The van der Waals surface area contributed by atoms with E-state index in [1.807, 2.05) is 6.92 Å². The Morgan fingerprint density at radius 3 is 2.06 bits per heavy atom. The van der Waals surface area contributed by atoms with Crippen LogP contribution >= 0.6 is 11.8 Å². The van der Waals surface area contributed by atoms with E-state index in [-0.39, 0.29) is 16.4 Å². The molecular weight excluding hydrogens is 228 g/mol. The number of ketones is 1. The maximum absolute atomic E-state index is 11.5. The predicted molar refractivity (Wildman–Crippen MR) is 75.7 cm³/mol. The first-order valence-electron chi connectivity index (χ1n) is 6.00. The number of hydrogen-bond acceptors (Lipinski definition) is 2. The molecule has 0 N–H and O–H groups in total. The van der Waals surface area contributed by atoms with Gasteiger partial charge in [-0.2, -0.15) is 0 Å². The van der Waals surface area contributed by atoms with E-state index >= 15 is 0 Å². The highest BCUT2D eigenvalue weighted by Gasteiger charge is 2.30. The number of carbonyl (C=O) groups excluding carboxylic acids is 1. The fourth-order valence-electron chi connectivity index (χ4n) is 1.87. The minimum Gasteiger partial charge on any atom is -0.300 e. The highest BCUT2D eigenvalue weighted by atomic mass is 32.2. The lowest BCUT2D eigenvalue weighted by molar-refractivity contribution is -0.120. The first-order chi connectivity index (χ1) is 7.72. The number of rotatable bonds is 4. The Morgan fingerprint density at radius 2 is 1.65 bits per heavy atom. The van der Waals surface area contributed by atoms with Crippen LogP contribution in [0.25, 0.3) is 0 Å². The minimum absolute atomic E-state index is 0.0633. The lowest BCUT2D eigenvalue weighted by Crippen LogP contribution is -2.30. The Kier molecular flexibility index (Phi) is 4.42. The molecule has 1 atom stereocenters. The van der Waals surface area contributed by atoms with Gasteiger partial charge in [-0.15, -0.1) is 11.8 Å². The van der Waals surface area contributed by atoms with Crippen molar-refractivity contribution in [2.75, 3.05) is 0 Å². The van der Waals surface area contributed by atoms with E-state index in [1.54, 1.807) is 18.7 Å². The van der Waals surface area contributed by atoms with Crippen molar-refractivity contribution in [3.05, 3.63) is 29.3 Å². The van der Waals surface area contributed by atoms with E-state index in [9.17, 15) is 4.79 Å². The molecule has 2 heteroatoms. The predicted octanol–water partition coefficient (Wildman–Crippen LogP) is 4.40. The minimum atomic E-state index is -0.0634. The molecule has 0 spiro atoms. The molecule has 94 valence electrons. The van der Waals surface area contributed by atoms with Gasteiger partial charge in [0, 0.05) is 15.6 Å². The van der Waals surface area contributed by atoms with Gasteiger partial charge >= 0.3 is 0 Å². The standard InChI is InChI=1S/C15H22OS/c1-10-7-11(2)9-14(8-10)17-15(5,6)12(3)13(4)16/h7-9,12H,1-6H3. The molecule has 0 radical (unpaired) electrons. The number of thioether (sulfide) groups is 1. The molecule has 0 fully saturated rings. The molecule has 0 saturated heterocycles. The number of benzene rings is 1. The van der Waals surface area contributed by atoms with Crippen LogP contribution in [0, 0.1) is 19.8 Å². The summed E-state index contributed by atoms with van der Waals surface area (Å²) in [7, 11) is 0. The summed E-state index contributed by atoms with van der Waals surface area (Å²) in [5, 5.41) is 0. The third-order valence-electron chi connectivity index (χ3n) is 3.23. The van der Waals surface area contributed by atoms with Gasteiger partial charge in [0.25, 0.3) is 0 Å². The van der Waals surface area contributed by atoms with E-state index in [1.165, 1.54) is 16.0 Å². The Labute approximate surface area is 109 Å². The van der Waals surface area contributed by atoms with Crippen LogP contribution in [0.15, 0.2) is 23.1 Å². The molecule has 0 heterocycles. The van der Waals surface area contributed by atoms with E-state index in [2.05, 4.69) is 45.9 Å². The summed E-state index contributed by atoms with van der Waals surface area (Å²) in [6.07, 6.45) is 0. The van der Waals surface area contributed by atoms with Crippen LogP contribution in [0.4, 0.5) is 0 Å². The van der Waals surface area contributed by atoms with Gasteiger partial charge < -0.3 is 0 Å². The van der Waals surface area contributed by atoms with E-state index < -0.39 is 0 Å². The average Bonchev–Trinajstić information content (AvgIpc) is 2.13. The van der Waals surface area contributed by atoms with Gasteiger partial charge in [-0.05, 0) is 57.9 Å². The highest BCUT2D eigenvalue weighted by Crippen LogP contribution is 2.39. The normalized spacial score (nSPS) is 13.5. The second-order valence-corrected chi connectivity index (χ2v) is 7.09. The quantitative estimate of drug-likeness (QED) is 0.737. The van der Waals surface area contributed by atoms with Gasteiger partial charge in [-0.25, -0.2) is 0 Å². The first-order valence-corrected chi connectivity index (χ1v) is 6.82. The summed E-state index contributed by atoms with van der Waals surface area (Å²) < 4.78 is -0.0634. The van der Waals surface area contributed by atoms with Crippen molar-refractivity contribution in [2.24, 2.45) is 5.92 Å². The van der Waals surface area contributed by atoms with Crippen molar-refractivity contribution < 1.29 is 4.79 Å². The molecule has 1 unspecified atom stereocenters. The van der Waals surface area contributed by atoms with E-state index in [0.29, 0.717) is 0 Å². The van der Waals surface area contributed by atoms with Crippen LogP contribution in [-0.4, -0.2) is 10.5 Å². The summed E-state index contributed by atoms with van der Waals surface area (Å²) in [5.74, 6) is 0.320. The molecule has 0 aliphatic rings. The number of aryl methyl sites for hydroxylation is 2. The van der Waals surface area contributed by atoms with Crippen molar-refractivity contribution in [2.45, 2.75) is 51.2 Å². The number of carbonyl (C=O) groups is 1. The van der Waals surface area contributed by atoms with Crippen LogP contribution in [0.5, 0.6) is 0 Å². The van der Waals surface area contributed by atoms with Crippen molar-refractivity contribution in [3.8, 4) is 0 Å². The van der Waals surface area contributed by atoms with Crippen molar-refractivity contribution in [1.82, 2.24) is 0 Å². The van der Waals surface area contributed by atoms with Gasteiger partial charge in [0.2, 0.25) is 0 Å². The van der Waals surface area contributed by atoms with E-state index in [0.717, 1.165) is 0 Å². The van der Waals surface area contributed by atoms with Crippen LogP contribution in [0.1, 0.15) is 38.8 Å². The second kappa shape index (κ2) is 5.26. The van der Waals surface area contributed by atoms with Crippen LogP contribution in [-0.2, 0) is 4.79 Å². The van der Waals surface area contributed by atoms with Crippen molar-refractivity contribution in [1.29, 1.82) is 0 Å². The Morgan fingerprint density at radius 1 is 1.18 bits per heavy atom. The van der Waals surface area contributed by atoms with Gasteiger partial charge in [-0.1, -0.05) is 13.0 Å². The van der Waals surface area contributed by atoms with Crippen LogP contribution < -0.4 is 0 Å². The third-order valence-corrected chi connectivity index (χ3v) is 4.58. The van der Waals surface area contributed by atoms with Crippen LogP contribution in [0.2, 0.25) is 0 Å². The summed E-state index contributed by atoms with van der Waals surface area (Å²) in [6.45, 7) is 12.2. The summed E-state index contributed by atoms with van der Waals surface area (Å²) in [6, 6.07) is 6.55. The molecule has 0 aliphatic heterocycles. The second-order valence-electron chi connectivity index (χ2n) is 5.36. The molecule has 0 aromatic heterocycles. The smallest absolute Gasteiger partial charge is 0.134 e. The van der Waals surface area contributed by atoms with Crippen molar-refractivity contribution in [3.63, 3.8) is 0 Å². The molecule has 17 heavy (non-hydrogen) atoms. The maximum Gasteiger partial charge on any atom is 0.134 e. The molecule has 1 aromatic carbocycles. The third kappa shape index (κ3) is 3.88. The lowest BCUT2D eigenvalue weighted by Gasteiger charge is -2.29. The van der Waals surface area contributed by atoms with E-state index in [4.69, 9.17) is 0 Å². The summed E-state index contributed by atoms with van der Waals surface area (Å²) in [4.78, 5) is 12.8. The SMILES string of the molecule is CC(=O)C(C)C(C)(C)Sc1cc(C)cc(C)c1. The lowest BCUT2D eigenvalue weighted by atomic mass is 9.93. The molecule has 0 bridgehead atoms. The number of hydrogen-bond donors (Lipinski definition) is 0. The summed E-state index contributed by atoms with van der Waals surface area (Å²) >= 11 is 1.79.